The second kappa shape index (κ2) is 6.46. The van der Waals surface area contributed by atoms with Crippen molar-refractivity contribution in [3.8, 4) is 0 Å². The number of urea groups is 1. The molecule has 0 heterocycles. The van der Waals surface area contributed by atoms with Crippen molar-refractivity contribution in [3.05, 3.63) is 0 Å². The van der Waals surface area contributed by atoms with E-state index in [1.807, 2.05) is 0 Å². The Morgan fingerprint density at radius 2 is 2.00 bits per heavy atom. The first-order valence-electron chi connectivity index (χ1n) is 4.30. The van der Waals surface area contributed by atoms with Crippen LogP contribution in [0.2, 0.25) is 0 Å². The summed E-state index contributed by atoms with van der Waals surface area (Å²) in [5.74, 6) is -1.32. The van der Waals surface area contributed by atoms with Gasteiger partial charge in [-0.1, -0.05) is 0 Å². The lowest BCUT2D eigenvalue weighted by Crippen LogP contribution is -2.44. The Morgan fingerprint density at radius 1 is 1.40 bits per heavy atom. The number of nitrogens with one attached hydrogen (secondary N) is 3. The Kier molecular flexibility index (Phi) is 5.60. The molecular formula is C7H15N5O3. The predicted molar refractivity (Wildman–Crippen MR) is 53.3 cm³/mol. The van der Waals surface area contributed by atoms with Gasteiger partial charge < -0.3 is 27.2 Å². The van der Waals surface area contributed by atoms with E-state index in [0.29, 0.717) is 13.0 Å². The van der Waals surface area contributed by atoms with Crippen LogP contribution in [0.3, 0.4) is 0 Å². The van der Waals surface area contributed by atoms with Crippen LogP contribution in [-0.4, -0.2) is 35.7 Å². The van der Waals surface area contributed by atoms with Crippen LogP contribution in [0.25, 0.3) is 0 Å². The van der Waals surface area contributed by atoms with Crippen molar-refractivity contribution in [3.63, 3.8) is 0 Å². The van der Waals surface area contributed by atoms with E-state index >= 15 is 0 Å². The van der Waals surface area contributed by atoms with Crippen LogP contribution in [0.1, 0.15) is 12.8 Å². The van der Waals surface area contributed by atoms with Gasteiger partial charge in [0.2, 0.25) is 0 Å². The van der Waals surface area contributed by atoms with Gasteiger partial charge in [0.1, 0.15) is 6.04 Å². The predicted octanol–water partition coefficient (Wildman–Crippen LogP) is -1.63. The summed E-state index contributed by atoms with van der Waals surface area (Å²) in [7, 11) is 0. The number of carboxylic acid groups (broad SMARTS) is 1. The highest BCUT2D eigenvalue weighted by Gasteiger charge is 2.17. The van der Waals surface area contributed by atoms with Gasteiger partial charge in [-0.2, -0.15) is 0 Å². The molecule has 0 aromatic heterocycles. The van der Waals surface area contributed by atoms with Gasteiger partial charge in [0.25, 0.3) is 0 Å². The number of nitrogens with two attached hydrogens (primary N) is 2. The number of aliphatic carboxylic acids is 1. The maximum absolute atomic E-state index is 10.6. The normalized spacial score (nSPS) is 11.5. The zero-order valence-corrected chi connectivity index (χ0v) is 8.12. The molecule has 0 unspecified atom stereocenters. The smallest absolute Gasteiger partial charge is 0.326 e. The second-order valence-electron chi connectivity index (χ2n) is 2.88. The van der Waals surface area contributed by atoms with Gasteiger partial charge in [-0.3, -0.25) is 5.41 Å². The summed E-state index contributed by atoms with van der Waals surface area (Å²) in [6.07, 6.45) is 0.676. The van der Waals surface area contributed by atoms with Crippen molar-refractivity contribution < 1.29 is 14.7 Å². The van der Waals surface area contributed by atoms with Crippen LogP contribution in [-0.2, 0) is 4.79 Å². The van der Waals surface area contributed by atoms with Crippen molar-refractivity contribution in [2.45, 2.75) is 18.9 Å². The van der Waals surface area contributed by atoms with Gasteiger partial charge in [0.05, 0.1) is 0 Å². The quantitative estimate of drug-likeness (QED) is 0.179. The molecule has 0 aliphatic carbocycles. The van der Waals surface area contributed by atoms with Crippen molar-refractivity contribution in [1.29, 1.82) is 5.41 Å². The molecule has 0 aliphatic rings. The van der Waals surface area contributed by atoms with Crippen LogP contribution < -0.4 is 22.1 Å². The number of guanidine groups is 1. The molecule has 2 amide bonds. The fourth-order valence-corrected chi connectivity index (χ4v) is 0.958. The highest BCUT2D eigenvalue weighted by atomic mass is 16.4. The lowest BCUT2D eigenvalue weighted by Gasteiger charge is -2.12. The molecule has 15 heavy (non-hydrogen) atoms. The van der Waals surface area contributed by atoms with E-state index in [2.05, 4.69) is 10.6 Å². The molecule has 0 radical (unpaired) electrons. The minimum atomic E-state index is -1.14. The van der Waals surface area contributed by atoms with Crippen LogP contribution >= 0.6 is 0 Å². The molecule has 0 aromatic rings. The Hall–Kier alpha value is -1.99. The molecule has 1 atom stereocenters. The molecule has 0 rings (SSSR count). The highest BCUT2D eigenvalue weighted by molar-refractivity contribution is 5.81. The maximum atomic E-state index is 10.6. The van der Waals surface area contributed by atoms with E-state index in [1.165, 1.54) is 0 Å². The minimum Gasteiger partial charge on any atom is -0.480 e. The van der Waals surface area contributed by atoms with Crippen LogP contribution in [0.15, 0.2) is 0 Å². The van der Waals surface area contributed by atoms with Crippen LogP contribution in [0.5, 0.6) is 0 Å². The van der Waals surface area contributed by atoms with Gasteiger partial charge in [0, 0.05) is 6.54 Å². The van der Waals surface area contributed by atoms with Gasteiger partial charge in [-0.05, 0) is 12.8 Å². The molecule has 0 spiro atoms. The van der Waals surface area contributed by atoms with Crippen molar-refractivity contribution in [1.82, 2.24) is 10.6 Å². The van der Waals surface area contributed by atoms with E-state index < -0.39 is 18.0 Å². The summed E-state index contributed by atoms with van der Waals surface area (Å²) in [5, 5.41) is 20.1. The van der Waals surface area contributed by atoms with E-state index in [1.54, 1.807) is 0 Å². The minimum absolute atomic E-state index is 0.176. The molecule has 8 nitrogen and oxygen atoms in total. The molecule has 8 heteroatoms. The first kappa shape index (κ1) is 13.0. The molecule has 8 N–H and O–H groups in total. The monoisotopic (exact) mass is 217 g/mol. The summed E-state index contributed by atoms with van der Waals surface area (Å²) >= 11 is 0. The zero-order chi connectivity index (χ0) is 11.8. The largest absolute Gasteiger partial charge is 0.480 e. The molecule has 0 saturated carbocycles. The number of carboxylic acids is 1. The number of carbonyl (C=O) groups is 2. The summed E-state index contributed by atoms with van der Waals surface area (Å²) in [4.78, 5) is 21.0. The lowest BCUT2D eigenvalue weighted by atomic mass is 10.1. The van der Waals surface area contributed by atoms with Gasteiger partial charge in [-0.15, -0.1) is 0 Å². The number of hydrogen-bond donors (Lipinski definition) is 6. The second-order valence-corrected chi connectivity index (χ2v) is 2.88. The Labute approximate surface area is 86.5 Å². The summed E-state index contributed by atoms with van der Waals surface area (Å²) in [6.45, 7) is 0.375. The first-order chi connectivity index (χ1) is 6.93. The third kappa shape index (κ3) is 7.11. The van der Waals surface area contributed by atoms with E-state index in [4.69, 9.17) is 22.0 Å². The van der Waals surface area contributed by atoms with Crippen molar-refractivity contribution >= 4 is 18.0 Å². The van der Waals surface area contributed by atoms with Crippen molar-refractivity contribution in [2.24, 2.45) is 11.5 Å². The molecule has 86 valence electrons. The van der Waals surface area contributed by atoms with Crippen molar-refractivity contribution in [2.75, 3.05) is 6.54 Å². The number of rotatable bonds is 6. The third-order valence-corrected chi connectivity index (χ3v) is 1.60. The average Bonchev–Trinajstić information content (AvgIpc) is 2.08. The summed E-state index contributed by atoms with van der Waals surface area (Å²) < 4.78 is 0. The van der Waals surface area contributed by atoms with E-state index in [9.17, 15) is 9.59 Å². The number of amides is 2. The molecule has 0 bridgehead atoms. The fraction of sp³-hybridized carbons (Fsp3) is 0.571. The molecule has 0 saturated heterocycles. The number of primary amides is 1. The van der Waals surface area contributed by atoms with Crippen LogP contribution in [0.4, 0.5) is 4.79 Å². The standard InChI is InChI=1S/C7H15N5O3/c8-6(9)11-3-1-2-4(5(13)14)12-7(10)15/h4H,1-3H2,(H,13,14)(H4,8,9,11)(H3,10,12,15)/t4-/m1/s1. The highest BCUT2D eigenvalue weighted by Crippen LogP contribution is 1.96. The van der Waals surface area contributed by atoms with Gasteiger partial charge in [-0.25, -0.2) is 9.59 Å². The van der Waals surface area contributed by atoms with E-state index in [-0.39, 0.29) is 12.4 Å². The van der Waals surface area contributed by atoms with Crippen LogP contribution in [0, 0.1) is 5.41 Å². The summed E-state index contributed by atoms with van der Waals surface area (Å²) in [5.41, 5.74) is 9.82. The molecular weight excluding hydrogens is 202 g/mol. The Balaban J connectivity index is 3.81. The third-order valence-electron chi connectivity index (χ3n) is 1.60. The molecule has 0 aliphatic heterocycles. The van der Waals surface area contributed by atoms with E-state index in [0.717, 1.165) is 0 Å². The topological polar surface area (TPSA) is 154 Å². The summed E-state index contributed by atoms with van der Waals surface area (Å²) in [6, 6.07) is -1.88. The Bertz CT molecular complexity index is 255. The number of hydrogen-bond acceptors (Lipinski definition) is 3. The SMILES string of the molecule is N=C(N)NCCC[C@@H](NC(N)=O)C(=O)O. The first-order valence-corrected chi connectivity index (χ1v) is 4.30. The molecule has 0 fully saturated rings. The lowest BCUT2D eigenvalue weighted by molar-refractivity contribution is -0.139. The van der Waals surface area contributed by atoms with Gasteiger partial charge >= 0.3 is 12.0 Å². The van der Waals surface area contributed by atoms with Gasteiger partial charge in [0.15, 0.2) is 5.96 Å². The fourth-order valence-electron chi connectivity index (χ4n) is 0.958. The molecule has 0 aromatic carbocycles. The zero-order valence-electron chi connectivity index (χ0n) is 8.12. The maximum Gasteiger partial charge on any atom is 0.326 e. The Morgan fingerprint density at radius 3 is 2.40 bits per heavy atom. The number of carbonyl (C=O) groups excluding carboxylic acids is 1. The average molecular weight is 217 g/mol.